The number of halogens is 2. The highest BCUT2D eigenvalue weighted by atomic mass is 35.5. The molecule has 1 aliphatic carbocycles. The van der Waals surface area contributed by atoms with Crippen molar-refractivity contribution in [3.63, 3.8) is 0 Å². The van der Waals surface area contributed by atoms with Crippen LogP contribution in [0.2, 0.25) is 5.02 Å². The average molecular weight is 312 g/mol. The van der Waals surface area contributed by atoms with Crippen LogP contribution in [-0.2, 0) is 0 Å². The summed E-state index contributed by atoms with van der Waals surface area (Å²) in [6.45, 7) is 5.35. The zero-order valence-corrected chi connectivity index (χ0v) is 13.9. The third kappa shape index (κ3) is 4.43. The average Bonchev–Trinajstić information content (AvgIpc) is 2.49. The Morgan fingerprint density at radius 3 is 2.81 bits per heavy atom. The molecule has 0 aliphatic heterocycles. The molecule has 1 aromatic rings. The number of nitrogens with one attached hydrogen (secondary N) is 1. The van der Waals surface area contributed by atoms with Gasteiger partial charge in [-0.2, -0.15) is 0 Å². The highest BCUT2D eigenvalue weighted by Gasteiger charge is 2.29. The lowest BCUT2D eigenvalue weighted by Crippen LogP contribution is -2.32. The van der Waals surface area contributed by atoms with Gasteiger partial charge in [0.2, 0.25) is 0 Å². The van der Waals surface area contributed by atoms with Gasteiger partial charge in [0, 0.05) is 16.6 Å². The van der Waals surface area contributed by atoms with Crippen molar-refractivity contribution in [2.75, 3.05) is 6.54 Å². The predicted molar refractivity (Wildman–Crippen MR) is 88.2 cm³/mol. The Morgan fingerprint density at radius 1 is 1.33 bits per heavy atom. The molecule has 1 saturated carbocycles. The third-order valence-electron chi connectivity index (χ3n) is 4.78. The van der Waals surface area contributed by atoms with Gasteiger partial charge in [0.25, 0.3) is 0 Å². The lowest BCUT2D eigenvalue weighted by molar-refractivity contribution is 0.207. The van der Waals surface area contributed by atoms with Crippen LogP contribution >= 0.6 is 11.6 Å². The lowest BCUT2D eigenvalue weighted by Gasteiger charge is -2.35. The first-order valence-corrected chi connectivity index (χ1v) is 8.71. The SMILES string of the molecule is CCCNC(c1ccc(Cl)cc1F)C1CCCC(CC)C1. The molecule has 3 unspecified atom stereocenters. The molecule has 1 fully saturated rings. The number of hydrogen-bond acceptors (Lipinski definition) is 1. The topological polar surface area (TPSA) is 12.0 Å². The van der Waals surface area contributed by atoms with Gasteiger partial charge >= 0.3 is 0 Å². The van der Waals surface area contributed by atoms with Gasteiger partial charge in [-0.3, -0.25) is 0 Å². The smallest absolute Gasteiger partial charge is 0.129 e. The van der Waals surface area contributed by atoms with Gasteiger partial charge in [-0.15, -0.1) is 0 Å². The molecule has 0 spiro atoms. The number of rotatable bonds is 6. The Morgan fingerprint density at radius 2 is 2.14 bits per heavy atom. The minimum atomic E-state index is -0.172. The molecule has 118 valence electrons. The summed E-state index contributed by atoms with van der Waals surface area (Å²) in [6, 6.07) is 5.23. The Labute approximate surface area is 133 Å². The van der Waals surface area contributed by atoms with Crippen LogP contribution in [0.15, 0.2) is 18.2 Å². The van der Waals surface area contributed by atoms with Gasteiger partial charge in [0.05, 0.1) is 0 Å². The minimum absolute atomic E-state index is 0.122. The first kappa shape index (κ1) is 16.8. The fourth-order valence-corrected chi connectivity index (χ4v) is 3.75. The first-order valence-electron chi connectivity index (χ1n) is 8.34. The van der Waals surface area contributed by atoms with E-state index in [1.807, 2.05) is 6.07 Å². The second-order valence-corrected chi connectivity index (χ2v) is 6.74. The highest BCUT2D eigenvalue weighted by molar-refractivity contribution is 6.30. The Balaban J connectivity index is 2.20. The van der Waals surface area contributed by atoms with Crippen molar-refractivity contribution in [1.82, 2.24) is 5.32 Å². The molecule has 0 amide bonds. The molecule has 2 rings (SSSR count). The summed E-state index contributed by atoms with van der Waals surface area (Å²) in [6.07, 6.45) is 7.30. The summed E-state index contributed by atoms with van der Waals surface area (Å²) in [5.41, 5.74) is 0.787. The summed E-state index contributed by atoms with van der Waals surface area (Å²) in [4.78, 5) is 0. The summed E-state index contributed by atoms with van der Waals surface area (Å²) in [5.74, 6) is 1.16. The molecule has 1 N–H and O–H groups in total. The molecular formula is C18H27ClFN. The van der Waals surface area contributed by atoms with E-state index in [0.29, 0.717) is 10.9 Å². The Kier molecular flexibility index (Phi) is 6.50. The van der Waals surface area contributed by atoms with Gasteiger partial charge in [0.1, 0.15) is 5.82 Å². The molecule has 3 heteroatoms. The van der Waals surface area contributed by atoms with E-state index < -0.39 is 0 Å². The second kappa shape index (κ2) is 8.14. The van der Waals surface area contributed by atoms with E-state index in [1.165, 1.54) is 38.2 Å². The normalized spacial score (nSPS) is 24.0. The maximum atomic E-state index is 14.3. The van der Waals surface area contributed by atoms with Crippen LogP contribution in [0.5, 0.6) is 0 Å². The molecule has 0 bridgehead atoms. The minimum Gasteiger partial charge on any atom is -0.310 e. The number of hydrogen-bond donors (Lipinski definition) is 1. The molecular weight excluding hydrogens is 285 g/mol. The van der Waals surface area contributed by atoms with E-state index in [4.69, 9.17) is 11.6 Å². The van der Waals surface area contributed by atoms with Crippen molar-refractivity contribution in [3.05, 3.63) is 34.6 Å². The summed E-state index contributed by atoms with van der Waals surface area (Å²) < 4.78 is 14.3. The van der Waals surface area contributed by atoms with Crippen LogP contribution in [0.4, 0.5) is 4.39 Å². The van der Waals surface area contributed by atoms with E-state index in [-0.39, 0.29) is 11.9 Å². The molecule has 0 radical (unpaired) electrons. The van der Waals surface area contributed by atoms with Crippen LogP contribution in [-0.4, -0.2) is 6.54 Å². The first-order chi connectivity index (χ1) is 10.2. The van der Waals surface area contributed by atoms with Gasteiger partial charge in [-0.05, 0) is 49.8 Å². The highest BCUT2D eigenvalue weighted by Crippen LogP contribution is 2.39. The molecule has 1 aliphatic rings. The van der Waals surface area contributed by atoms with Crippen molar-refractivity contribution in [1.29, 1.82) is 0 Å². The standard InChI is InChI=1S/C18H27ClFN/c1-3-10-21-18(14-7-5-6-13(4-2)11-14)16-9-8-15(19)12-17(16)20/h8-9,12-14,18,21H,3-7,10-11H2,1-2H3. The summed E-state index contributed by atoms with van der Waals surface area (Å²) in [5, 5.41) is 4.05. The van der Waals surface area contributed by atoms with Gasteiger partial charge in [-0.1, -0.05) is 50.8 Å². The van der Waals surface area contributed by atoms with Crippen LogP contribution in [0, 0.1) is 17.7 Å². The van der Waals surface area contributed by atoms with Crippen molar-refractivity contribution in [2.24, 2.45) is 11.8 Å². The lowest BCUT2D eigenvalue weighted by atomic mass is 9.75. The van der Waals surface area contributed by atoms with Crippen LogP contribution in [0.25, 0.3) is 0 Å². The molecule has 1 aromatic carbocycles. The summed E-state index contributed by atoms with van der Waals surface area (Å²) >= 11 is 5.90. The van der Waals surface area contributed by atoms with Crippen molar-refractivity contribution >= 4 is 11.6 Å². The molecule has 0 aromatic heterocycles. The van der Waals surface area contributed by atoms with Crippen molar-refractivity contribution in [3.8, 4) is 0 Å². The van der Waals surface area contributed by atoms with Crippen LogP contribution in [0.3, 0.4) is 0 Å². The van der Waals surface area contributed by atoms with E-state index in [2.05, 4.69) is 19.2 Å². The Hall–Kier alpha value is -0.600. The summed E-state index contributed by atoms with van der Waals surface area (Å²) in [7, 11) is 0. The maximum Gasteiger partial charge on any atom is 0.129 e. The molecule has 3 atom stereocenters. The van der Waals surface area contributed by atoms with Crippen LogP contribution in [0.1, 0.15) is 64.0 Å². The molecule has 1 nitrogen and oxygen atoms in total. The number of benzene rings is 1. The predicted octanol–water partition coefficient (Wildman–Crippen LogP) is 5.74. The zero-order valence-electron chi connectivity index (χ0n) is 13.2. The molecule has 0 saturated heterocycles. The fraction of sp³-hybridized carbons (Fsp3) is 0.667. The molecule has 0 heterocycles. The maximum absolute atomic E-state index is 14.3. The Bertz CT molecular complexity index is 449. The van der Waals surface area contributed by atoms with Crippen LogP contribution < -0.4 is 5.32 Å². The van der Waals surface area contributed by atoms with E-state index in [1.54, 1.807) is 6.07 Å². The zero-order chi connectivity index (χ0) is 15.2. The fourth-order valence-electron chi connectivity index (χ4n) is 3.59. The van der Waals surface area contributed by atoms with E-state index in [9.17, 15) is 4.39 Å². The van der Waals surface area contributed by atoms with E-state index >= 15 is 0 Å². The van der Waals surface area contributed by atoms with Crippen molar-refractivity contribution < 1.29 is 4.39 Å². The van der Waals surface area contributed by atoms with E-state index in [0.717, 1.165) is 24.4 Å². The van der Waals surface area contributed by atoms with Crippen molar-refractivity contribution in [2.45, 2.75) is 58.4 Å². The van der Waals surface area contributed by atoms with Gasteiger partial charge < -0.3 is 5.32 Å². The largest absolute Gasteiger partial charge is 0.310 e. The molecule has 21 heavy (non-hydrogen) atoms. The third-order valence-corrected chi connectivity index (χ3v) is 5.02. The monoisotopic (exact) mass is 311 g/mol. The van der Waals surface area contributed by atoms with Gasteiger partial charge in [-0.25, -0.2) is 4.39 Å². The second-order valence-electron chi connectivity index (χ2n) is 6.30. The quantitative estimate of drug-likeness (QED) is 0.706. The van der Waals surface area contributed by atoms with Gasteiger partial charge in [0.15, 0.2) is 0 Å².